The van der Waals surface area contributed by atoms with Crippen LogP contribution in [-0.2, 0) is 10.3 Å². The summed E-state index contributed by atoms with van der Waals surface area (Å²) in [6.07, 6.45) is 0.810. The smallest absolute Gasteiger partial charge is 0.162 e. The molecule has 0 radical (unpaired) electrons. The van der Waals surface area contributed by atoms with Gasteiger partial charge in [0.05, 0.1) is 0 Å². The predicted molar refractivity (Wildman–Crippen MR) is 65.2 cm³/mol. The predicted octanol–water partition coefficient (Wildman–Crippen LogP) is 2.45. The van der Waals surface area contributed by atoms with E-state index in [0.29, 0.717) is 17.6 Å². The van der Waals surface area contributed by atoms with E-state index in [2.05, 4.69) is 23.8 Å². The van der Waals surface area contributed by atoms with Gasteiger partial charge in [-0.2, -0.15) is 0 Å². The highest BCUT2D eigenvalue weighted by Gasteiger charge is 2.28. The van der Waals surface area contributed by atoms with E-state index in [9.17, 15) is 0 Å². The summed E-state index contributed by atoms with van der Waals surface area (Å²) in [4.78, 5) is 8.80. The molecule has 16 heavy (non-hydrogen) atoms. The lowest BCUT2D eigenvalue weighted by Gasteiger charge is -2.25. The first-order valence-electron chi connectivity index (χ1n) is 5.63. The number of hydrogen-bond acceptors (Lipinski definition) is 4. The van der Waals surface area contributed by atoms with Crippen LogP contribution in [0, 0.1) is 0 Å². The van der Waals surface area contributed by atoms with Crippen molar-refractivity contribution in [1.29, 1.82) is 0 Å². The van der Waals surface area contributed by atoms with Gasteiger partial charge in [0.2, 0.25) is 0 Å². The third kappa shape index (κ3) is 2.50. The zero-order chi connectivity index (χ0) is 12.3. The van der Waals surface area contributed by atoms with E-state index in [1.165, 1.54) is 0 Å². The lowest BCUT2D eigenvalue weighted by atomic mass is 10.0. The van der Waals surface area contributed by atoms with Crippen LogP contribution in [0.25, 0.3) is 0 Å². The highest BCUT2D eigenvalue weighted by Crippen LogP contribution is 2.27. The minimum absolute atomic E-state index is 0.335. The van der Waals surface area contributed by atoms with Crippen molar-refractivity contribution in [3.05, 3.63) is 17.6 Å². The van der Waals surface area contributed by atoms with Gasteiger partial charge < -0.3 is 10.5 Å². The third-order valence-corrected chi connectivity index (χ3v) is 2.96. The lowest BCUT2D eigenvalue weighted by Crippen LogP contribution is -2.27. The number of methoxy groups -OCH3 is 1. The van der Waals surface area contributed by atoms with Gasteiger partial charge in [0.1, 0.15) is 11.4 Å². The van der Waals surface area contributed by atoms with Crippen LogP contribution in [-0.4, -0.2) is 17.1 Å². The first-order valence-corrected chi connectivity index (χ1v) is 5.63. The average molecular weight is 223 g/mol. The number of nitrogen functional groups attached to an aromatic ring is 1. The van der Waals surface area contributed by atoms with Crippen LogP contribution in [0.15, 0.2) is 6.07 Å². The molecule has 0 aliphatic carbocycles. The highest BCUT2D eigenvalue weighted by molar-refractivity contribution is 5.32. The largest absolute Gasteiger partial charge is 0.384 e. The maximum absolute atomic E-state index is 5.80. The summed E-state index contributed by atoms with van der Waals surface area (Å²) in [6.45, 7) is 8.19. The monoisotopic (exact) mass is 223 g/mol. The molecular weight excluding hydrogens is 202 g/mol. The fourth-order valence-electron chi connectivity index (χ4n) is 1.41. The van der Waals surface area contributed by atoms with Gasteiger partial charge >= 0.3 is 0 Å². The summed E-state index contributed by atoms with van der Waals surface area (Å²) in [6, 6.07) is 1.82. The van der Waals surface area contributed by atoms with Crippen molar-refractivity contribution in [2.24, 2.45) is 0 Å². The molecule has 4 heteroatoms. The maximum atomic E-state index is 5.80. The minimum Gasteiger partial charge on any atom is -0.384 e. The number of nitrogens with two attached hydrogens (primary N) is 1. The number of aromatic nitrogens is 2. The Kier molecular flexibility index (Phi) is 3.86. The molecule has 0 bridgehead atoms. The summed E-state index contributed by atoms with van der Waals surface area (Å²) < 4.78 is 5.48. The van der Waals surface area contributed by atoms with E-state index in [1.54, 1.807) is 7.11 Å². The molecule has 0 saturated heterocycles. The summed E-state index contributed by atoms with van der Waals surface area (Å²) in [5.41, 5.74) is 6.29. The van der Waals surface area contributed by atoms with Crippen molar-refractivity contribution in [3.63, 3.8) is 0 Å². The first-order chi connectivity index (χ1) is 7.42. The highest BCUT2D eigenvalue weighted by atomic mass is 16.5. The summed E-state index contributed by atoms with van der Waals surface area (Å²) in [5.74, 6) is 1.51. The van der Waals surface area contributed by atoms with Crippen LogP contribution >= 0.6 is 0 Å². The van der Waals surface area contributed by atoms with E-state index in [-0.39, 0.29) is 0 Å². The van der Waals surface area contributed by atoms with Crippen molar-refractivity contribution in [1.82, 2.24) is 9.97 Å². The van der Waals surface area contributed by atoms with E-state index < -0.39 is 5.60 Å². The second-order valence-electron chi connectivity index (χ2n) is 4.48. The van der Waals surface area contributed by atoms with E-state index >= 15 is 0 Å². The van der Waals surface area contributed by atoms with E-state index in [0.717, 1.165) is 12.1 Å². The topological polar surface area (TPSA) is 61.0 Å². The Hall–Kier alpha value is -1.16. The van der Waals surface area contributed by atoms with Gasteiger partial charge in [0.25, 0.3) is 0 Å². The molecule has 0 spiro atoms. The zero-order valence-electron chi connectivity index (χ0n) is 10.7. The minimum atomic E-state index is -0.459. The molecule has 4 nitrogen and oxygen atoms in total. The Labute approximate surface area is 97.2 Å². The molecule has 0 saturated carbocycles. The maximum Gasteiger partial charge on any atom is 0.162 e. The van der Waals surface area contributed by atoms with Crippen LogP contribution in [0.2, 0.25) is 0 Å². The number of ether oxygens (including phenoxy) is 1. The molecule has 1 heterocycles. The van der Waals surface area contributed by atoms with Crippen molar-refractivity contribution in [2.75, 3.05) is 12.8 Å². The van der Waals surface area contributed by atoms with Gasteiger partial charge in [0.15, 0.2) is 5.82 Å². The number of rotatable bonds is 4. The number of anilines is 1. The molecule has 90 valence electrons. The van der Waals surface area contributed by atoms with Crippen molar-refractivity contribution in [3.8, 4) is 0 Å². The average Bonchev–Trinajstić information content (AvgIpc) is 2.27. The van der Waals surface area contributed by atoms with Crippen LogP contribution in [0.3, 0.4) is 0 Å². The van der Waals surface area contributed by atoms with Gasteiger partial charge in [-0.1, -0.05) is 20.8 Å². The van der Waals surface area contributed by atoms with E-state index in [4.69, 9.17) is 10.5 Å². The third-order valence-electron chi connectivity index (χ3n) is 2.96. The molecule has 1 atom stereocenters. The summed E-state index contributed by atoms with van der Waals surface area (Å²) >= 11 is 0. The Morgan fingerprint density at radius 2 is 2.06 bits per heavy atom. The molecular formula is C12H21N3O. The Morgan fingerprint density at radius 1 is 1.44 bits per heavy atom. The summed E-state index contributed by atoms with van der Waals surface area (Å²) in [7, 11) is 1.67. The fourth-order valence-corrected chi connectivity index (χ4v) is 1.41. The molecule has 0 aliphatic heterocycles. The molecule has 0 fully saturated rings. The zero-order valence-corrected chi connectivity index (χ0v) is 10.7. The van der Waals surface area contributed by atoms with Gasteiger partial charge in [-0.3, -0.25) is 0 Å². The van der Waals surface area contributed by atoms with Crippen LogP contribution < -0.4 is 5.73 Å². The second kappa shape index (κ2) is 4.78. The standard InChI is InChI=1S/C12H21N3O/c1-6-12(4,16-5)11-14-9(8(2)3)7-10(13)15-11/h7-8H,6H2,1-5H3,(H2,13,14,15). The molecule has 1 aromatic rings. The summed E-state index contributed by atoms with van der Waals surface area (Å²) in [5, 5.41) is 0. The van der Waals surface area contributed by atoms with Gasteiger partial charge in [-0.05, 0) is 19.3 Å². The molecule has 1 aromatic heterocycles. The SMILES string of the molecule is CCC(C)(OC)c1nc(N)cc(C(C)C)n1. The van der Waals surface area contributed by atoms with Crippen LogP contribution in [0.1, 0.15) is 51.6 Å². The lowest BCUT2D eigenvalue weighted by molar-refractivity contribution is -0.00905. The van der Waals surface area contributed by atoms with Crippen molar-refractivity contribution in [2.45, 2.75) is 45.6 Å². The first kappa shape index (κ1) is 12.9. The van der Waals surface area contributed by atoms with Gasteiger partial charge in [0, 0.05) is 18.9 Å². The quantitative estimate of drug-likeness (QED) is 0.851. The molecule has 2 N–H and O–H groups in total. The molecule has 0 aromatic carbocycles. The number of nitrogens with zero attached hydrogens (tertiary/aromatic N) is 2. The van der Waals surface area contributed by atoms with Crippen LogP contribution in [0.4, 0.5) is 5.82 Å². The Balaban J connectivity index is 3.23. The molecule has 1 unspecified atom stereocenters. The second-order valence-corrected chi connectivity index (χ2v) is 4.48. The number of hydrogen-bond donors (Lipinski definition) is 1. The van der Waals surface area contributed by atoms with Gasteiger partial charge in [-0.25, -0.2) is 9.97 Å². The van der Waals surface area contributed by atoms with Crippen molar-refractivity contribution >= 4 is 5.82 Å². The van der Waals surface area contributed by atoms with E-state index in [1.807, 2.05) is 19.9 Å². The molecule has 0 aliphatic rings. The van der Waals surface area contributed by atoms with Crippen LogP contribution in [0.5, 0.6) is 0 Å². The molecule has 0 amide bonds. The molecule has 1 rings (SSSR count). The van der Waals surface area contributed by atoms with Gasteiger partial charge in [-0.15, -0.1) is 0 Å². The Morgan fingerprint density at radius 3 is 2.50 bits per heavy atom. The fraction of sp³-hybridized carbons (Fsp3) is 0.667. The van der Waals surface area contributed by atoms with Crippen molar-refractivity contribution < 1.29 is 4.74 Å². The normalized spacial score (nSPS) is 15.1. The Bertz CT molecular complexity index is 359.